The van der Waals surface area contributed by atoms with Crippen molar-refractivity contribution in [3.63, 3.8) is 0 Å². The minimum atomic E-state index is -0.945. The van der Waals surface area contributed by atoms with Gasteiger partial charge in [0, 0.05) is 11.8 Å². The molecular weight excluding hydrogens is 240 g/mol. The molecule has 1 aromatic rings. The molecule has 0 aliphatic carbocycles. The molecule has 0 amide bonds. The Labute approximate surface area is 105 Å². The zero-order valence-corrected chi connectivity index (χ0v) is 10.5. The zero-order valence-electron chi connectivity index (χ0n) is 10.5. The molecule has 0 heterocycles. The topological polar surface area (TPSA) is 38.3 Å². The fourth-order valence-corrected chi connectivity index (χ4v) is 1.59. The normalized spacial score (nSPS) is 12.0. The van der Waals surface area contributed by atoms with Gasteiger partial charge in [0.2, 0.25) is 0 Å². The highest BCUT2D eigenvalue weighted by Crippen LogP contribution is 2.16. The summed E-state index contributed by atoms with van der Waals surface area (Å²) in [6.45, 7) is 2.01. The number of nitrogens with one attached hydrogen (secondary N) is 1. The summed E-state index contributed by atoms with van der Waals surface area (Å²) in [6, 6.07) is 2.89. The van der Waals surface area contributed by atoms with E-state index in [0.717, 1.165) is 25.0 Å². The van der Waals surface area contributed by atoms with Crippen LogP contribution in [0.5, 0.6) is 0 Å². The van der Waals surface area contributed by atoms with E-state index in [-0.39, 0.29) is 0 Å². The maximum absolute atomic E-state index is 13.0. The molecule has 0 bridgehead atoms. The highest BCUT2D eigenvalue weighted by Gasteiger charge is 2.18. The maximum Gasteiger partial charge on any atom is 0.328 e. The molecule has 100 valence electrons. The van der Waals surface area contributed by atoms with Crippen LogP contribution in [0.3, 0.4) is 0 Å². The van der Waals surface area contributed by atoms with Crippen LogP contribution in [0, 0.1) is 11.6 Å². The van der Waals surface area contributed by atoms with Crippen LogP contribution in [0.1, 0.15) is 26.2 Å². The smallest absolute Gasteiger partial charge is 0.328 e. The van der Waals surface area contributed by atoms with Crippen LogP contribution in [0.25, 0.3) is 0 Å². The highest BCUT2D eigenvalue weighted by atomic mass is 19.2. The molecule has 1 N–H and O–H groups in total. The molecule has 0 fully saturated rings. The highest BCUT2D eigenvalue weighted by molar-refractivity contribution is 5.79. The first kappa shape index (κ1) is 14.4. The van der Waals surface area contributed by atoms with E-state index in [1.165, 1.54) is 13.2 Å². The lowest BCUT2D eigenvalue weighted by Crippen LogP contribution is -2.30. The molecule has 0 aliphatic heterocycles. The predicted octanol–water partition coefficient (Wildman–Crippen LogP) is 3.11. The summed E-state index contributed by atoms with van der Waals surface area (Å²) in [6.07, 6.45) is 2.37. The maximum atomic E-state index is 13.0. The van der Waals surface area contributed by atoms with Crippen molar-refractivity contribution in [2.45, 2.75) is 32.2 Å². The summed E-state index contributed by atoms with van der Waals surface area (Å²) in [4.78, 5) is 11.5. The van der Waals surface area contributed by atoms with Gasteiger partial charge in [-0.1, -0.05) is 19.8 Å². The van der Waals surface area contributed by atoms with Crippen LogP contribution >= 0.6 is 0 Å². The van der Waals surface area contributed by atoms with Crippen LogP contribution in [0.4, 0.5) is 14.5 Å². The molecular formula is C13H17F2NO2. The number of carbonyl (C=O) groups excluding carboxylic acids is 1. The van der Waals surface area contributed by atoms with E-state index in [9.17, 15) is 13.6 Å². The number of esters is 1. The lowest BCUT2D eigenvalue weighted by Gasteiger charge is -2.17. The van der Waals surface area contributed by atoms with E-state index in [1.54, 1.807) is 0 Å². The van der Waals surface area contributed by atoms with Gasteiger partial charge in [-0.3, -0.25) is 0 Å². The molecule has 1 unspecified atom stereocenters. The quantitative estimate of drug-likeness (QED) is 0.796. The lowest BCUT2D eigenvalue weighted by atomic mass is 10.1. The number of benzene rings is 1. The van der Waals surface area contributed by atoms with Crippen LogP contribution < -0.4 is 5.32 Å². The summed E-state index contributed by atoms with van der Waals surface area (Å²) < 4.78 is 30.5. The molecule has 0 spiro atoms. The molecule has 0 aliphatic rings. The minimum Gasteiger partial charge on any atom is -0.467 e. The first-order valence-corrected chi connectivity index (χ1v) is 5.88. The van der Waals surface area contributed by atoms with Crippen LogP contribution in [-0.2, 0) is 9.53 Å². The Morgan fingerprint density at radius 1 is 1.39 bits per heavy atom. The molecule has 1 rings (SSSR count). The molecule has 0 saturated heterocycles. The van der Waals surface area contributed by atoms with E-state index in [0.29, 0.717) is 12.1 Å². The van der Waals surface area contributed by atoms with E-state index in [2.05, 4.69) is 10.1 Å². The number of ether oxygens (including phenoxy) is 1. The van der Waals surface area contributed by atoms with Gasteiger partial charge in [0.05, 0.1) is 7.11 Å². The Bertz CT molecular complexity index is 410. The average Bonchev–Trinajstić information content (AvgIpc) is 2.37. The second-order valence-corrected chi connectivity index (χ2v) is 3.99. The Hall–Kier alpha value is -1.65. The lowest BCUT2D eigenvalue weighted by molar-refractivity contribution is -0.141. The van der Waals surface area contributed by atoms with Gasteiger partial charge in [0.25, 0.3) is 0 Å². The molecule has 0 aromatic heterocycles. The summed E-state index contributed by atoms with van der Waals surface area (Å²) >= 11 is 0. The standard InChI is InChI=1S/C13H17F2NO2/c1-3-4-5-12(13(17)18-2)16-9-6-7-10(14)11(15)8-9/h6-8,12,16H,3-5H2,1-2H3. The third-order valence-corrected chi connectivity index (χ3v) is 2.59. The Balaban J connectivity index is 2.75. The number of rotatable bonds is 6. The Kier molecular flexibility index (Phi) is 5.55. The first-order valence-electron chi connectivity index (χ1n) is 5.88. The number of anilines is 1. The third-order valence-electron chi connectivity index (χ3n) is 2.59. The Morgan fingerprint density at radius 2 is 2.11 bits per heavy atom. The predicted molar refractivity (Wildman–Crippen MR) is 65.3 cm³/mol. The van der Waals surface area contributed by atoms with Gasteiger partial charge in [-0.2, -0.15) is 0 Å². The summed E-state index contributed by atoms with van der Waals surface area (Å²) in [5.74, 6) is -2.27. The SMILES string of the molecule is CCCCC(Nc1ccc(F)c(F)c1)C(=O)OC. The molecule has 1 aromatic carbocycles. The third kappa shape index (κ3) is 3.98. The van der Waals surface area contributed by atoms with Crippen molar-refractivity contribution in [1.29, 1.82) is 0 Å². The number of hydrogen-bond donors (Lipinski definition) is 1. The van der Waals surface area contributed by atoms with Crippen molar-refractivity contribution >= 4 is 11.7 Å². The largest absolute Gasteiger partial charge is 0.467 e. The minimum absolute atomic E-state index is 0.361. The molecule has 5 heteroatoms. The van der Waals surface area contributed by atoms with Crippen LogP contribution in [0.15, 0.2) is 18.2 Å². The molecule has 18 heavy (non-hydrogen) atoms. The van der Waals surface area contributed by atoms with Crippen molar-refractivity contribution in [3.8, 4) is 0 Å². The second-order valence-electron chi connectivity index (χ2n) is 3.99. The summed E-state index contributed by atoms with van der Waals surface area (Å²) in [7, 11) is 1.30. The van der Waals surface area contributed by atoms with Gasteiger partial charge < -0.3 is 10.1 Å². The second kappa shape index (κ2) is 6.93. The van der Waals surface area contributed by atoms with E-state index >= 15 is 0 Å². The van der Waals surface area contributed by atoms with E-state index < -0.39 is 23.6 Å². The summed E-state index contributed by atoms with van der Waals surface area (Å²) in [5.41, 5.74) is 0.361. The van der Waals surface area contributed by atoms with Crippen molar-refractivity contribution in [3.05, 3.63) is 29.8 Å². The number of hydrogen-bond acceptors (Lipinski definition) is 3. The van der Waals surface area contributed by atoms with Gasteiger partial charge in [0.1, 0.15) is 6.04 Å². The summed E-state index contributed by atoms with van der Waals surface area (Å²) in [5, 5.41) is 2.85. The zero-order chi connectivity index (χ0) is 13.5. The molecule has 3 nitrogen and oxygen atoms in total. The van der Waals surface area contributed by atoms with E-state index in [1.807, 2.05) is 6.92 Å². The van der Waals surface area contributed by atoms with Gasteiger partial charge >= 0.3 is 5.97 Å². The van der Waals surface area contributed by atoms with Crippen LogP contribution in [-0.4, -0.2) is 19.1 Å². The van der Waals surface area contributed by atoms with E-state index in [4.69, 9.17) is 0 Å². The van der Waals surface area contributed by atoms with Crippen molar-refractivity contribution in [2.75, 3.05) is 12.4 Å². The average molecular weight is 257 g/mol. The van der Waals surface area contributed by atoms with Gasteiger partial charge in [-0.05, 0) is 18.6 Å². The van der Waals surface area contributed by atoms with Crippen molar-refractivity contribution in [1.82, 2.24) is 0 Å². The van der Waals surface area contributed by atoms with Crippen LogP contribution in [0.2, 0.25) is 0 Å². The molecule has 1 atom stereocenters. The van der Waals surface area contributed by atoms with Gasteiger partial charge in [0.15, 0.2) is 11.6 Å². The fourth-order valence-electron chi connectivity index (χ4n) is 1.59. The Morgan fingerprint density at radius 3 is 2.67 bits per heavy atom. The van der Waals surface area contributed by atoms with Crippen molar-refractivity contribution < 1.29 is 18.3 Å². The fraction of sp³-hybridized carbons (Fsp3) is 0.462. The molecule has 0 saturated carbocycles. The number of methoxy groups -OCH3 is 1. The number of halogens is 2. The monoisotopic (exact) mass is 257 g/mol. The van der Waals surface area contributed by atoms with Crippen molar-refractivity contribution in [2.24, 2.45) is 0 Å². The first-order chi connectivity index (χ1) is 8.58. The molecule has 0 radical (unpaired) electrons. The van der Waals surface area contributed by atoms with Gasteiger partial charge in [-0.25, -0.2) is 13.6 Å². The number of unbranched alkanes of at least 4 members (excludes halogenated alkanes) is 1. The number of carbonyl (C=O) groups is 1. The van der Waals surface area contributed by atoms with Gasteiger partial charge in [-0.15, -0.1) is 0 Å².